The molecule has 0 unspecified atom stereocenters. The summed E-state index contributed by atoms with van der Waals surface area (Å²) in [5.41, 5.74) is 2.06. The molecule has 0 spiro atoms. The fourth-order valence-corrected chi connectivity index (χ4v) is 1.53. The molecule has 0 amide bonds. The second-order valence-electron chi connectivity index (χ2n) is 4.44. The molecule has 0 aliphatic rings. The highest BCUT2D eigenvalue weighted by Gasteiger charge is 2.18. The Labute approximate surface area is 84.0 Å². The quantitative estimate of drug-likeness (QED) is 0.630. The fraction of sp³-hybridized carbons (Fsp3) is 0.333. The summed E-state index contributed by atoms with van der Waals surface area (Å²) >= 11 is 0. The Morgan fingerprint density at radius 3 is 2.50 bits per heavy atom. The molecule has 0 fully saturated rings. The minimum Gasteiger partial charge on any atom is -0.229 e. The molecule has 71 valence electrons. The highest BCUT2D eigenvalue weighted by atomic mass is 14.8. The molecule has 0 aliphatic carbocycles. The van der Waals surface area contributed by atoms with Gasteiger partial charge in [-0.2, -0.15) is 0 Å². The number of aromatic nitrogens is 2. The standard InChI is InChI=1S/C12H13N2/c1-12(2,3)11-9-6-4-5-7-10(9)13-8-14-11/h4-7H,1-3H3. The van der Waals surface area contributed by atoms with Crippen molar-refractivity contribution in [2.24, 2.45) is 0 Å². The highest BCUT2D eigenvalue weighted by Crippen LogP contribution is 2.26. The van der Waals surface area contributed by atoms with Gasteiger partial charge in [0, 0.05) is 10.8 Å². The van der Waals surface area contributed by atoms with Gasteiger partial charge in [0.1, 0.15) is 0 Å². The van der Waals surface area contributed by atoms with Crippen LogP contribution in [0.1, 0.15) is 26.5 Å². The molecular formula is C12H13N2. The molecule has 0 saturated carbocycles. The average Bonchev–Trinajstić information content (AvgIpc) is 2.15. The van der Waals surface area contributed by atoms with Crippen LogP contribution in [-0.4, -0.2) is 9.97 Å². The summed E-state index contributed by atoms with van der Waals surface area (Å²) < 4.78 is 0. The second kappa shape index (κ2) is 3.05. The predicted molar refractivity (Wildman–Crippen MR) is 57.1 cm³/mol. The normalized spacial score (nSPS) is 11.9. The Bertz CT molecular complexity index is 450. The Hall–Kier alpha value is -1.44. The highest BCUT2D eigenvalue weighted by molar-refractivity contribution is 5.81. The van der Waals surface area contributed by atoms with E-state index in [0.29, 0.717) is 0 Å². The molecule has 0 atom stereocenters. The van der Waals surface area contributed by atoms with E-state index in [-0.39, 0.29) is 5.41 Å². The van der Waals surface area contributed by atoms with Crippen molar-refractivity contribution in [2.45, 2.75) is 26.2 Å². The molecule has 0 N–H and O–H groups in total. The lowest BCUT2D eigenvalue weighted by Crippen LogP contribution is -2.14. The van der Waals surface area contributed by atoms with Crippen molar-refractivity contribution in [3.8, 4) is 0 Å². The molecule has 0 bridgehead atoms. The zero-order chi connectivity index (χ0) is 10.2. The van der Waals surface area contributed by atoms with Gasteiger partial charge in [-0.05, 0) is 6.07 Å². The van der Waals surface area contributed by atoms with Crippen LogP contribution < -0.4 is 0 Å². The first-order valence-corrected chi connectivity index (χ1v) is 4.72. The van der Waals surface area contributed by atoms with Gasteiger partial charge in [-0.25, -0.2) is 9.97 Å². The molecule has 2 aromatic rings. The molecule has 0 aliphatic heterocycles. The van der Waals surface area contributed by atoms with Crippen molar-refractivity contribution in [1.29, 1.82) is 0 Å². The van der Waals surface area contributed by atoms with Crippen LogP contribution in [0.2, 0.25) is 0 Å². The minimum atomic E-state index is 0.0407. The second-order valence-corrected chi connectivity index (χ2v) is 4.44. The fourth-order valence-electron chi connectivity index (χ4n) is 1.53. The van der Waals surface area contributed by atoms with E-state index in [9.17, 15) is 0 Å². The van der Waals surface area contributed by atoms with Gasteiger partial charge in [0.05, 0.1) is 11.2 Å². The molecule has 2 heteroatoms. The van der Waals surface area contributed by atoms with Gasteiger partial charge < -0.3 is 0 Å². The summed E-state index contributed by atoms with van der Waals surface area (Å²) in [5.74, 6) is 0. The summed E-state index contributed by atoms with van der Waals surface area (Å²) in [6.45, 7) is 6.45. The molecule has 2 nitrogen and oxygen atoms in total. The molecule has 14 heavy (non-hydrogen) atoms. The van der Waals surface area contributed by atoms with Crippen LogP contribution in [0.5, 0.6) is 0 Å². The first-order valence-electron chi connectivity index (χ1n) is 4.72. The zero-order valence-electron chi connectivity index (χ0n) is 8.70. The summed E-state index contributed by atoms with van der Waals surface area (Å²) in [4.78, 5) is 8.36. The van der Waals surface area contributed by atoms with E-state index < -0.39 is 0 Å². The van der Waals surface area contributed by atoms with Crippen molar-refractivity contribution in [3.05, 3.63) is 36.3 Å². The molecular weight excluding hydrogens is 172 g/mol. The van der Waals surface area contributed by atoms with E-state index in [1.54, 1.807) is 0 Å². The van der Waals surface area contributed by atoms with Crippen molar-refractivity contribution >= 4 is 10.9 Å². The van der Waals surface area contributed by atoms with Crippen LogP contribution in [-0.2, 0) is 5.41 Å². The van der Waals surface area contributed by atoms with Gasteiger partial charge >= 0.3 is 0 Å². The number of nitrogens with zero attached hydrogens (tertiary/aromatic N) is 2. The molecule has 1 radical (unpaired) electrons. The first kappa shape index (κ1) is 9.13. The van der Waals surface area contributed by atoms with E-state index in [4.69, 9.17) is 0 Å². The van der Waals surface area contributed by atoms with Gasteiger partial charge in [-0.15, -0.1) is 0 Å². The van der Waals surface area contributed by atoms with E-state index in [2.05, 4.69) is 43.1 Å². The largest absolute Gasteiger partial charge is 0.229 e. The monoisotopic (exact) mass is 185 g/mol. The van der Waals surface area contributed by atoms with E-state index in [1.807, 2.05) is 18.2 Å². The molecule has 1 aromatic carbocycles. The lowest BCUT2D eigenvalue weighted by Gasteiger charge is -2.18. The third-order valence-corrected chi connectivity index (χ3v) is 2.20. The smallest absolute Gasteiger partial charge is 0.198 e. The van der Waals surface area contributed by atoms with Crippen LogP contribution in [0.25, 0.3) is 10.9 Å². The van der Waals surface area contributed by atoms with Crippen LogP contribution in [0.3, 0.4) is 0 Å². The maximum atomic E-state index is 4.24. The van der Waals surface area contributed by atoms with Gasteiger partial charge in [-0.3, -0.25) is 0 Å². The molecule has 0 saturated heterocycles. The van der Waals surface area contributed by atoms with Crippen LogP contribution in [0.4, 0.5) is 0 Å². The van der Waals surface area contributed by atoms with E-state index in [0.717, 1.165) is 16.6 Å². The average molecular weight is 185 g/mol. The topological polar surface area (TPSA) is 25.8 Å². The van der Waals surface area contributed by atoms with Gasteiger partial charge in [0.15, 0.2) is 6.33 Å². The third-order valence-electron chi connectivity index (χ3n) is 2.20. The lowest BCUT2D eigenvalue weighted by molar-refractivity contribution is 0.573. The number of hydrogen-bond donors (Lipinski definition) is 0. The predicted octanol–water partition coefficient (Wildman–Crippen LogP) is 2.73. The van der Waals surface area contributed by atoms with E-state index >= 15 is 0 Å². The summed E-state index contributed by atoms with van der Waals surface area (Å²) in [6.07, 6.45) is 2.71. The van der Waals surface area contributed by atoms with E-state index in [1.165, 1.54) is 0 Å². The third kappa shape index (κ3) is 1.48. The summed E-state index contributed by atoms with van der Waals surface area (Å²) in [6, 6.07) is 8.04. The summed E-state index contributed by atoms with van der Waals surface area (Å²) in [7, 11) is 0. The number of benzene rings is 1. The van der Waals surface area contributed by atoms with Crippen molar-refractivity contribution in [2.75, 3.05) is 0 Å². The van der Waals surface area contributed by atoms with Gasteiger partial charge in [0.25, 0.3) is 0 Å². The Balaban J connectivity index is 2.78. The number of fused-ring (bicyclic) bond motifs is 1. The lowest BCUT2D eigenvalue weighted by atomic mass is 9.89. The van der Waals surface area contributed by atoms with Gasteiger partial charge in [-0.1, -0.05) is 39.0 Å². The number of para-hydroxylation sites is 1. The minimum absolute atomic E-state index is 0.0407. The zero-order valence-corrected chi connectivity index (χ0v) is 8.70. The van der Waals surface area contributed by atoms with Gasteiger partial charge in [0.2, 0.25) is 0 Å². The Morgan fingerprint density at radius 1 is 1.07 bits per heavy atom. The SMILES string of the molecule is CC(C)(C)c1n[c]nc2ccccc12. The van der Waals surface area contributed by atoms with Crippen molar-refractivity contribution in [1.82, 2.24) is 9.97 Å². The molecule has 2 rings (SSSR count). The number of hydrogen-bond acceptors (Lipinski definition) is 2. The summed E-state index contributed by atoms with van der Waals surface area (Å²) in [5, 5.41) is 1.12. The van der Waals surface area contributed by atoms with Crippen LogP contribution in [0, 0.1) is 6.33 Å². The Kier molecular flexibility index (Phi) is 1.99. The molecule has 1 heterocycles. The molecule has 1 aromatic heterocycles. The first-order chi connectivity index (χ1) is 6.59. The maximum Gasteiger partial charge on any atom is 0.198 e. The van der Waals surface area contributed by atoms with Crippen LogP contribution in [0.15, 0.2) is 24.3 Å². The van der Waals surface area contributed by atoms with Crippen molar-refractivity contribution < 1.29 is 0 Å². The number of rotatable bonds is 0. The Morgan fingerprint density at radius 2 is 1.79 bits per heavy atom. The van der Waals surface area contributed by atoms with Crippen molar-refractivity contribution in [3.63, 3.8) is 0 Å². The maximum absolute atomic E-state index is 4.24. The van der Waals surface area contributed by atoms with Crippen LogP contribution >= 0.6 is 0 Å².